The van der Waals surface area contributed by atoms with Gasteiger partial charge in [0.2, 0.25) is 0 Å². The average molecular weight is 280 g/mol. The predicted octanol–water partition coefficient (Wildman–Crippen LogP) is 2.53. The summed E-state index contributed by atoms with van der Waals surface area (Å²) >= 11 is 3.51. The molecule has 1 aromatic carbocycles. The van der Waals surface area contributed by atoms with Crippen molar-refractivity contribution in [1.29, 1.82) is 0 Å². The molecular weight excluding hydrogens is 266 g/mol. The first-order valence-corrected chi connectivity index (χ1v) is 6.09. The molecule has 0 fully saturated rings. The summed E-state index contributed by atoms with van der Waals surface area (Å²) < 4.78 is 2.93. The highest BCUT2D eigenvalue weighted by Gasteiger charge is 2.03. The lowest BCUT2D eigenvalue weighted by Gasteiger charge is -2.02. The van der Waals surface area contributed by atoms with Crippen LogP contribution in [0.15, 0.2) is 41.1 Å². The molecule has 2 rings (SSSR count). The molecule has 1 heterocycles. The monoisotopic (exact) mass is 279 g/mol. The molecular formula is C12H14BrN3. The Labute approximate surface area is 103 Å². The van der Waals surface area contributed by atoms with Crippen molar-refractivity contribution in [1.82, 2.24) is 9.78 Å². The molecule has 0 bridgehead atoms. The van der Waals surface area contributed by atoms with E-state index < -0.39 is 0 Å². The topological polar surface area (TPSA) is 43.8 Å². The zero-order valence-electron chi connectivity index (χ0n) is 8.94. The molecule has 0 saturated heterocycles. The summed E-state index contributed by atoms with van der Waals surface area (Å²) in [5.74, 6) is 0. The molecule has 0 aliphatic heterocycles. The van der Waals surface area contributed by atoms with E-state index >= 15 is 0 Å². The van der Waals surface area contributed by atoms with Gasteiger partial charge in [-0.05, 0) is 53.0 Å². The second-order valence-electron chi connectivity index (χ2n) is 3.64. The number of para-hydroxylation sites is 1. The SMILES string of the molecule is NCCCc1cnn(-c2ccccc2Br)c1. The van der Waals surface area contributed by atoms with Crippen molar-refractivity contribution in [2.75, 3.05) is 6.54 Å². The normalized spacial score (nSPS) is 10.6. The molecule has 0 radical (unpaired) electrons. The first-order chi connectivity index (χ1) is 7.81. The van der Waals surface area contributed by atoms with E-state index in [2.05, 4.69) is 27.2 Å². The molecule has 0 amide bonds. The number of hydrogen-bond acceptors (Lipinski definition) is 2. The molecule has 0 aliphatic rings. The van der Waals surface area contributed by atoms with Crippen LogP contribution >= 0.6 is 15.9 Å². The number of aryl methyl sites for hydroxylation is 1. The van der Waals surface area contributed by atoms with Crippen molar-refractivity contribution in [2.24, 2.45) is 5.73 Å². The third-order valence-electron chi connectivity index (χ3n) is 2.40. The number of nitrogens with two attached hydrogens (primary N) is 1. The van der Waals surface area contributed by atoms with Gasteiger partial charge in [-0.15, -0.1) is 0 Å². The number of nitrogens with zero attached hydrogens (tertiary/aromatic N) is 2. The number of halogens is 1. The molecule has 0 aliphatic carbocycles. The van der Waals surface area contributed by atoms with Crippen LogP contribution in [0.1, 0.15) is 12.0 Å². The van der Waals surface area contributed by atoms with Crippen LogP contribution in [-0.2, 0) is 6.42 Å². The van der Waals surface area contributed by atoms with Gasteiger partial charge in [-0.25, -0.2) is 4.68 Å². The maximum Gasteiger partial charge on any atom is 0.0787 e. The molecule has 1 aromatic heterocycles. The minimum atomic E-state index is 0.722. The first-order valence-electron chi connectivity index (χ1n) is 5.30. The van der Waals surface area contributed by atoms with Crippen LogP contribution < -0.4 is 5.73 Å². The van der Waals surface area contributed by atoms with Crippen LogP contribution in [0, 0.1) is 0 Å². The quantitative estimate of drug-likeness (QED) is 0.935. The Bertz CT molecular complexity index is 465. The van der Waals surface area contributed by atoms with Gasteiger partial charge in [0, 0.05) is 10.7 Å². The fourth-order valence-electron chi connectivity index (χ4n) is 1.56. The zero-order chi connectivity index (χ0) is 11.4. The van der Waals surface area contributed by atoms with E-state index in [0.717, 1.165) is 29.5 Å². The second kappa shape index (κ2) is 5.27. The van der Waals surface area contributed by atoms with Crippen LogP contribution in [-0.4, -0.2) is 16.3 Å². The summed E-state index contributed by atoms with van der Waals surface area (Å²) in [6.07, 6.45) is 5.94. The molecule has 16 heavy (non-hydrogen) atoms. The highest BCUT2D eigenvalue weighted by molar-refractivity contribution is 9.10. The molecule has 84 valence electrons. The van der Waals surface area contributed by atoms with Crippen LogP contribution in [0.5, 0.6) is 0 Å². The van der Waals surface area contributed by atoms with E-state index in [1.54, 1.807) is 0 Å². The van der Waals surface area contributed by atoms with Crippen LogP contribution in [0.25, 0.3) is 5.69 Å². The van der Waals surface area contributed by atoms with Crippen molar-refractivity contribution in [3.63, 3.8) is 0 Å². The van der Waals surface area contributed by atoms with Gasteiger partial charge in [0.15, 0.2) is 0 Å². The summed E-state index contributed by atoms with van der Waals surface area (Å²) in [5.41, 5.74) is 7.76. The minimum Gasteiger partial charge on any atom is -0.330 e. The lowest BCUT2D eigenvalue weighted by Crippen LogP contribution is -1.99. The van der Waals surface area contributed by atoms with Gasteiger partial charge in [0.05, 0.1) is 11.9 Å². The first kappa shape index (κ1) is 11.4. The summed E-state index contributed by atoms with van der Waals surface area (Å²) in [5, 5.41) is 4.35. The van der Waals surface area contributed by atoms with Crippen molar-refractivity contribution < 1.29 is 0 Å². The van der Waals surface area contributed by atoms with Gasteiger partial charge in [0.25, 0.3) is 0 Å². The summed E-state index contributed by atoms with van der Waals surface area (Å²) in [6, 6.07) is 8.04. The van der Waals surface area contributed by atoms with Gasteiger partial charge >= 0.3 is 0 Å². The lowest BCUT2D eigenvalue weighted by molar-refractivity contribution is 0.831. The maximum absolute atomic E-state index is 5.48. The van der Waals surface area contributed by atoms with Crippen LogP contribution in [0.4, 0.5) is 0 Å². The van der Waals surface area contributed by atoms with E-state index in [1.807, 2.05) is 35.1 Å². The highest BCUT2D eigenvalue weighted by Crippen LogP contribution is 2.20. The number of aromatic nitrogens is 2. The van der Waals surface area contributed by atoms with Crippen molar-refractivity contribution >= 4 is 15.9 Å². The number of hydrogen-bond donors (Lipinski definition) is 1. The van der Waals surface area contributed by atoms with Gasteiger partial charge in [0.1, 0.15) is 0 Å². The van der Waals surface area contributed by atoms with Gasteiger partial charge < -0.3 is 5.73 Å². The molecule has 3 nitrogen and oxygen atoms in total. The molecule has 2 N–H and O–H groups in total. The van der Waals surface area contributed by atoms with Crippen molar-refractivity contribution in [3.05, 3.63) is 46.7 Å². The smallest absolute Gasteiger partial charge is 0.0787 e. The maximum atomic E-state index is 5.48. The standard InChI is InChI=1S/C12H14BrN3/c13-11-5-1-2-6-12(11)16-9-10(8-15-16)4-3-7-14/h1-2,5-6,8-9H,3-4,7,14H2. The summed E-state index contributed by atoms with van der Waals surface area (Å²) in [4.78, 5) is 0. The Morgan fingerprint density at radius 3 is 2.88 bits per heavy atom. The zero-order valence-corrected chi connectivity index (χ0v) is 10.5. The van der Waals surface area contributed by atoms with Gasteiger partial charge in [-0.1, -0.05) is 12.1 Å². The van der Waals surface area contributed by atoms with E-state index in [1.165, 1.54) is 5.56 Å². The largest absolute Gasteiger partial charge is 0.330 e. The molecule has 0 spiro atoms. The highest BCUT2D eigenvalue weighted by atomic mass is 79.9. The Hall–Kier alpha value is -1.13. The van der Waals surface area contributed by atoms with Crippen LogP contribution in [0.2, 0.25) is 0 Å². The van der Waals surface area contributed by atoms with E-state index in [9.17, 15) is 0 Å². The lowest BCUT2D eigenvalue weighted by atomic mass is 10.2. The molecule has 2 aromatic rings. The number of rotatable bonds is 4. The van der Waals surface area contributed by atoms with Crippen molar-refractivity contribution in [2.45, 2.75) is 12.8 Å². The van der Waals surface area contributed by atoms with E-state index in [4.69, 9.17) is 5.73 Å². The Balaban J connectivity index is 2.22. The Morgan fingerprint density at radius 1 is 1.31 bits per heavy atom. The average Bonchev–Trinajstić information content (AvgIpc) is 2.75. The summed E-state index contributed by atoms with van der Waals surface area (Å²) in [6.45, 7) is 0.722. The van der Waals surface area contributed by atoms with Crippen LogP contribution in [0.3, 0.4) is 0 Å². The van der Waals surface area contributed by atoms with E-state index in [-0.39, 0.29) is 0 Å². The van der Waals surface area contributed by atoms with E-state index in [0.29, 0.717) is 0 Å². The fraction of sp³-hybridized carbons (Fsp3) is 0.250. The third-order valence-corrected chi connectivity index (χ3v) is 3.08. The van der Waals surface area contributed by atoms with Crippen molar-refractivity contribution in [3.8, 4) is 5.69 Å². The molecule has 0 unspecified atom stereocenters. The molecule has 0 atom stereocenters. The van der Waals surface area contributed by atoms with Gasteiger partial charge in [-0.3, -0.25) is 0 Å². The number of benzene rings is 1. The fourth-order valence-corrected chi connectivity index (χ4v) is 2.03. The Morgan fingerprint density at radius 2 is 2.12 bits per heavy atom. The minimum absolute atomic E-state index is 0.722. The van der Waals surface area contributed by atoms with Gasteiger partial charge in [-0.2, -0.15) is 5.10 Å². The summed E-state index contributed by atoms with van der Waals surface area (Å²) in [7, 11) is 0. The second-order valence-corrected chi connectivity index (χ2v) is 4.49. The predicted molar refractivity (Wildman–Crippen MR) is 68.6 cm³/mol. The molecule has 4 heteroatoms. The third kappa shape index (κ3) is 2.51. The molecule has 0 saturated carbocycles. The Kier molecular flexibility index (Phi) is 3.74.